The smallest absolute Gasteiger partial charge is 0.216 e. The fourth-order valence-corrected chi connectivity index (χ4v) is 4.66. The van der Waals surface area contributed by atoms with Crippen LogP contribution in [0.3, 0.4) is 0 Å². The van der Waals surface area contributed by atoms with Gasteiger partial charge in [-0.15, -0.1) is 10.2 Å². The normalized spacial score (nSPS) is 16.5. The molecule has 3 heterocycles. The van der Waals surface area contributed by atoms with Crippen LogP contribution in [0.4, 0.5) is 0 Å². The predicted molar refractivity (Wildman–Crippen MR) is 116 cm³/mol. The van der Waals surface area contributed by atoms with Crippen molar-refractivity contribution in [2.45, 2.75) is 26.4 Å². The topological polar surface area (TPSA) is 104 Å². The molecule has 0 radical (unpaired) electrons. The minimum atomic E-state index is -3.30. The fourth-order valence-electron chi connectivity index (χ4n) is 3.38. The van der Waals surface area contributed by atoms with Crippen LogP contribution in [0, 0.1) is 0 Å². The van der Waals surface area contributed by atoms with Crippen LogP contribution in [-0.2, 0) is 21.2 Å². The summed E-state index contributed by atoms with van der Waals surface area (Å²) in [6.45, 7) is 6.76. The molecule has 0 spiro atoms. The summed E-state index contributed by atoms with van der Waals surface area (Å²) in [5.41, 5.74) is 0.827. The van der Waals surface area contributed by atoms with Crippen LogP contribution < -0.4 is 5.32 Å². The van der Waals surface area contributed by atoms with Gasteiger partial charge in [-0.25, -0.2) is 8.42 Å². The average Bonchev–Trinajstić information content (AvgIpc) is 3.14. The molecule has 1 fully saturated rings. The zero-order chi connectivity index (χ0) is 21.6. The van der Waals surface area contributed by atoms with Gasteiger partial charge in [-0.1, -0.05) is 6.07 Å². The van der Waals surface area contributed by atoms with Gasteiger partial charge in [-0.05, 0) is 26.0 Å². The van der Waals surface area contributed by atoms with Gasteiger partial charge in [0.05, 0.1) is 18.5 Å². The van der Waals surface area contributed by atoms with Crippen molar-refractivity contribution in [1.82, 2.24) is 29.1 Å². The van der Waals surface area contributed by atoms with Crippen molar-refractivity contribution in [1.29, 1.82) is 0 Å². The van der Waals surface area contributed by atoms with Crippen molar-refractivity contribution in [3.63, 3.8) is 0 Å². The predicted octanol–water partition coefficient (Wildman–Crippen LogP) is 0.220. The number of piperazine rings is 1. The highest BCUT2D eigenvalue weighted by atomic mass is 32.2. The molecule has 10 nitrogen and oxygen atoms in total. The Bertz CT molecular complexity index is 950. The van der Waals surface area contributed by atoms with Crippen molar-refractivity contribution in [2.24, 2.45) is 4.99 Å². The maximum absolute atomic E-state index is 12.5. The number of nitrogens with zero attached hydrogens (tertiary/aromatic N) is 6. The molecule has 0 bridgehead atoms. The number of rotatable bonds is 8. The first-order valence-corrected chi connectivity index (χ1v) is 11.9. The van der Waals surface area contributed by atoms with E-state index in [1.807, 2.05) is 42.6 Å². The highest BCUT2D eigenvalue weighted by Gasteiger charge is 2.28. The van der Waals surface area contributed by atoms with Gasteiger partial charge in [-0.2, -0.15) is 4.31 Å². The number of guanidine groups is 1. The van der Waals surface area contributed by atoms with Gasteiger partial charge in [0.1, 0.15) is 5.82 Å². The van der Waals surface area contributed by atoms with Gasteiger partial charge in [0.25, 0.3) is 0 Å². The van der Waals surface area contributed by atoms with E-state index in [0.717, 1.165) is 17.4 Å². The molecule has 0 saturated carbocycles. The van der Waals surface area contributed by atoms with Crippen molar-refractivity contribution in [3.8, 4) is 0 Å². The monoisotopic (exact) mass is 437 g/mol. The van der Waals surface area contributed by atoms with E-state index in [1.165, 1.54) is 0 Å². The number of fused-ring (bicyclic) bond motifs is 1. The van der Waals surface area contributed by atoms with E-state index in [2.05, 4.69) is 25.4 Å². The Labute approximate surface area is 178 Å². The number of hydrogen-bond acceptors (Lipinski definition) is 6. The lowest BCUT2D eigenvalue weighted by molar-refractivity contribution is 0.0904. The summed E-state index contributed by atoms with van der Waals surface area (Å²) < 4.78 is 33.9. The van der Waals surface area contributed by atoms with Gasteiger partial charge in [0.2, 0.25) is 10.0 Å². The number of sulfonamides is 1. The van der Waals surface area contributed by atoms with Crippen molar-refractivity contribution < 1.29 is 13.2 Å². The molecule has 166 valence electrons. The molecule has 1 aliphatic rings. The molecule has 0 aromatic carbocycles. The minimum Gasteiger partial charge on any atom is -0.378 e. The van der Waals surface area contributed by atoms with Crippen molar-refractivity contribution in [3.05, 3.63) is 30.2 Å². The zero-order valence-electron chi connectivity index (χ0n) is 17.9. The van der Waals surface area contributed by atoms with E-state index in [1.54, 1.807) is 11.4 Å². The lowest BCUT2D eigenvalue weighted by Crippen LogP contribution is -2.54. The Morgan fingerprint density at radius 3 is 2.70 bits per heavy atom. The third kappa shape index (κ3) is 5.67. The standard InChI is InChI=1S/C19H31N7O3S/c1-16(2)29-14-15-30(27,28)25-12-10-24(11-13-25)19(20-3)21-8-7-18-23-22-17-6-4-5-9-26(17)18/h4-6,9,16H,7-8,10-15H2,1-3H3,(H,20,21). The lowest BCUT2D eigenvalue weighted by Gasteiger charge is -2.35. The molecule has 1 N–H and O–H groups in total. The van der Waals surface area contributed by atoms with Gasteiger partial charge >= 0.3 is 0 Å². The van der Waals surface area contributed by atoms with Crippen LogP contribution in [0.2, 0.25) is 0 Å². The number of aliphatic imine (C=N–C) groups is 1. The summed E-state index contributed by atoms with van der Waals surface area (Å²) in [6, 6.07) is 5.81. The molecule has 11 heteroatoms. The molecule has 0 aliphatic carbocycles. The third-order valence-electron chi connectivity index (χ3n) is 4.95. The Morgan fingerprint density at radius 2 is 2.00 bits per heavy atom. The second-order valence-electron chi connectivity index (χ2n) is 7.39. The zero-order valence-corrected chi connectivity index (χ0v) is 18.7. The van der Waals surface area contributed by atoms with Crippen LogP contribution >= 0.6 is 0 Å². The third-order valence-corrected chi connectivity index (χ3v) is 6.79. The van der Waals surface area contributed by atoms with Gasteiger partial charge in [-0.3, -0.25) is 9.39 Å². The maximum atomic E-state index is 12.5. The summed E-state index contributed by atoms with van der Waals surface area (Å²) in [6.07, 6.45) is 2.68. The van der Waals surface area contributed by atoms with E-state index in [4.69, 9.17) is 4.74 Å². The quantitative estimate of drug-likeness (QED) is 0.465. The molecule has 30 heavy (non-hydrogen) atoms. The number of nitrogens with one attached hydrogen (secondary N) is 1. The van der Waals surface area contributed by atoms with Crippen LogP contribution in [-0.4, -0.2) is 96.4 Å². The molecular formula is C19H31N7O3S. The maximum Gasteiger partial charge on any atom is 0.216 e. The van der Waals surface area contributed by atoms with Crippen LogP contribution in [0.5, 0.6) is 0 Å². The summed E-state index contributed by atoms with van der Waals surface area (Å²) in [5.74, 6) is 1.67. The van der Waals surface area contributed by atoms with Crippen molar-refractivity contribution in [2.75, 3.05) is 52.1 Å². The molecule has 2 aromatic rings. The molecule has 0 atom stereocenters. The first-order valence-electron chi connectivity index (χ1n) is 10.2. The Balaban J connectivity index is 1.47. The molecule has 2 aromatic heterocycles. The summed E-state index contributed by atoms with van der Waals surface area (Å²) in [4.78, 5) is 6.43. The SMILES string of the molecule is CN=C(NCCc1nnc2ccccn12)N1CCN(S(=O)(=O)CCOC(C)C)CC1. The van der Waals surface area contributed by atoms with E-state index in [-0.39, 0.29) is 18.5 Å². The number of ether oxygens (including phenoxy) is 1. The van der Waals surface area contributed by atoms with E-state index in [9.17, 15) is 8.42 Å². The van der Waals surface area contributed by atoms with E-state index >= 15 is 0 Å². The fraction of sp³-hybridized carbons (Fsp3) is 0.632. The first-order chi connectivity index (χ1) is 14.4. The van der Waals surface area contributed by atoms with Crippen LogP contribution in [0.15, 0.2) is 29.4 Å². The summed E-state index contributed by atoms with van der Waals surface area (Å²) in [5, 5.41) is 11.7. The summed E-state index contributed by atoms with van der Waals surface area (Å²) >= 11 is 0. The second-order valence-corrected chi connectivity index (χ2v) is 9.48. The molecule has 1 aliphatic heterocycles. The Morgan fingerprint density at radius 1 is 1.23 bits per heavy atom. The highest BCUT2D eigenvalue weighted by molar-refractivity contribution is 7.89. The molecule has 0 amide bonds. The Kier molecular flexibility index (Phi) is 7.62. The average molecular weight is 438 g/mol. The summed E-state index contributed by atoms with van der Waals surface area (Å²) in [7, 11) is -1.56. The van der Waals surface area contributed by atoms with E-state index < -0.39 is 10.0 Å². The minimum absolute atomic E-state index is 0.0183. The van der Waals surface area contributed by atoms with Crippen molar-refractivity contribution >= 4 is 21.6 Å². The molecule has 3 rings (SSSR count). The van der Waals surface area contributed by atoms with E-state index in [0.29, 0.717) is 39.1 Å². The van der Waals surface area contributed by atoms with Crippen LogP contribution in [0.25, 0.3) is 5.65 Å². The number of hydrogen-bond donors (Lipinski definition) is 1. The second kappa shape index (κ2) is 10.2. The van der Waals surface area contributed by atoms with Gasteiger partial charge < -0.3 is 15.0 Å². The Hall–Kier alpha value is -2.24. The number of pyridine rings is 1. The van der Waals surface area contributed by atoms with Gasteiger partial charge in [0.15, 0.2) is 11.6 Å². The lowest BCUT2D eigenvalue weighted by atomic mass is 10.3. The first kappa shape index (κ1) is 22.4. The number of aromatic nitrogens is 3. The highest BCUT2D eigenvalue weighted by Crippen LogP contribution is 2.09. The van der Waals surface area contributed by atoms with Gasteiger partial charge in [0, 0.05) is 52.4 Å². The molecule has 1 saturated heterocycles. The largest absolute Gasteiger partial charge is 0.378 e. The van der Waals surface area contributed by atoms with Crippen LogP contribution in [0.1, 0.15) is 19.7 Å². The molecule has 0 unspecified atom stereocenters. The molecular weight excluding hydrogens is 406 g/mol.